The van der Waals surface area contributed by atoms with Crippen molar-refractivity contribution in [1.82, 2.24) is 9.71 Å². The maximum Gasteiger partial charge on any atom is 0.324 e. The molecule has 94 valence electrons. The van der Waals surface area contributed by atoms with Gasteiger partial charge in [0.2, 0.25) is 10.0 Å². The molecule has 0 fully saturated rings. The maximum absolute atomic E-state index is 12.8. The van der Waals surface area contributed by atoms with Gasteiger partial charge in [0.05, 0.1) is 12.8 Å². The van der Waals surface area contributed by atoms with Crippen LogP contribution in [0.1, 0.15) is 0 Å². The van der Waals surface area contributed by atoms with Crippen molar-refractivity contribution in [3.05, 3.63) is 24.3 Å². The third-order valence-corrected chi connectivity index (χ3v) is 3.21. The first-order valence-electron chi connectivity index (χ1n) is 4.33. The predicted molar refractivity (Wildman–Crippen MR) is 53.0 cm³/mol. The lowest BCUT2D eigenvalue weighted by Gasteiger charge is -2.11. The molecule has 17 heavy (non-hydrogen) atoms. The summed E-state index contributed by atoms with van der Waals surface area (Å²) in [5.41, 5.74) is 0. The Labute approximate surface area is 96.0 Å². The monoisotopic (exact) mass is 264 g/mol. The van der Waals surface area contributed by atoms with Crippen LogP contribution in [0.2, 0.25) is 0 Å². The van der Waals surface area contributed by atoms with E-state index in [4.69, 9.17) is 10.2 Å². The van der Waals surface area contributed by atoms with Crippen molar-refractivity contribution in [2.45, 2.75) is 10.9 Å². The van der Waals surface area contributed by atoms with E-state index in [1.807, 2.05) is 0 Å². The van der Waals surface area contributed by atoms with Crippen LogP contribution in [-0.2, 0) is 14.8 Å². The van der Waals surface area contributed by atoms with Gasteiger partial charge in [-0.3, -0.25) is 9.78 Å². The number of carboxylic acids is 1. The van der Waals surface area contributed by atoms with Crippen LogP contribution in [0.3, 0.4) is 0 Å². The van der Waals surface area contributed by atoms with Crippen molar-refractivity contribution in [1.29, 1.82) is 0 Å². The lowest BCUT2D eigenvalue weighted by Crippen LogP contribution is -2.43. The Balaban J connectivity index is 3.00. The molecule has 1 atom stereocenters. The summed E-state index contributed by atoms with van der Waals surface area (Å²) in [7, 11) is -4.23. The third kappa shape index (κ3) is 3.44. The Kier molecular flexibility index (Phi) is 4.10. The first kappa shape index (κ1) is 13.5. The Morgan fingerprint density at radius 3 is 2.65 bits per heavy atom. The Morgan fingerprint density at radius 2 is 2.18 bits per heavy atom. The molecule has 9 heteroatoms. The second-order valence-corrected chi connectivity index (χ2v) is 4.75. The fourth-order valence-electron chi connectivity index (χ4n) is 0.960. The maximum atomic E-state index is 12.8. The van der Waals surface area contributed by atoms with Crippen molar-refractivity contribution < 1.29 is 27.8 Å². The molecule has 0 unspecified atom stereocenters. The summed E-state index contributed by atoms with van der Waals surface area (Å²) in [5, 5.41) is 17.2. The minimum Gasteiger partial charge on any atom is -0.480 e. The van der Waals surface area contributed by atoms with Crippen LogP contribution in [0.4, 0.5) is 4.39 Å². The Bertz CT molecular complexity index is 518. The number of aromatic nitrogens is 1. The van der Waals surface area contributed by atoms with Gasteiger partial charge in [0.25, 0.3) is 0 Å². The molecule has 0 aliphatic heterocycles. The van der Waals surface area contributed by atoms with Gasteiger partial charge in [0.15, 0.2) is 0 Å². The van der Waals surface area contributed by atoms with Crippen molar-refractivity contribution in [2.75, 3.05) is 6.61 Å². The average molecular weight is 264 g/mol. The fourth-order valence-corrected chi connectivity index (χ4v) is 2.11. The van der Waals surface area contributed by atoms with Gasteiger partial charge in [-0.05, 0) is 6.07 Å². The second-order valence-electron chi connectivity index (χ2n) is 3.03. The predicted octanol–water partition coefficient (Wildman–Crippen LogP) is -1.06. The lowest BCUT2D eigenvalue weighted by molar-refractivity contribution is -0.139. The molecule has 0 aliphatic carbocycles. The molecule has 0 aromatic carbocycles. The standard InChI is InChI=1S/C8H9FN2O5S/c9-5-1-6(3-10-2-5)17(15,16)11-7(4-12)8(13)14/h1-3,7,11-12H,4H2,(H,13,14)/t7-/m0/s1. The van der Waals surface area contributed by atoms with Crippen molar-refractivity contribution >= 4 is 16.0 Å². The zero-order chi connectivity index (χ0) is 13.1. The molecule has 3 N–H and O–H groups in total. The number of sulfonamides is 1. The molecule has 0 saturated heterocycles. The molecule has 0 radical (unpaired) electrons. The number of aliphatic hydroxyl groups is 1. The topological polar surface area (TPSA) is 117 Å². The zero-order valence-corrected chi connectivity index (χ0v) is 9.19. The van der Waals surface area contributed by atoms with Crippen LogP contribution in [-0.4, -0.2) is 42.2 Å². The number of carboxylic acid groups (broad SMARTS) is 1. The van der Waals surface area contributed by atoms with Gasteiger partial charge in [-0.25, -0.2) is 12.8 Å². The third-order valence-electron chi connectivity index (χ3n) is 1.77. The molecule has 0 aliphatic rings. The highest BCUT2D eigenvalue weighted by atomic mass is 32.2. The molecule has 0 spiro atoms. The van der Waals surface area contributed by atoms with Gasteiger partial charge < -0.3 is 10.2 Å². The van der Waals surface area contributed by atoms with Crippen LogP contribution in [0, 0.1) is 5.82 Å². The number of nitrogens with zero attached hydrogens (tertiary/aromatic N) is 1. The SMILES string of the molecule is O=C(O)[C@H](CO)NS(=O)(=O)c1cncc(F)c1. The van der Waals surface area contributed by atoms with Gasteiger partial charge >= 0.3 is 5.97 Å². The van der Waals surface area contributed by atoms with Crippen LogP contribution in [0.25, 0.3) is 0 Å². The highest BCUT2D eigenvalue weighted by Crippen LogP contribution is 2.09. The van der Waals surface area contributed by atoms with Gasteiger partial charge in [-0.2, -0.15) is 4.72 Å². The summed E-state index contributed by atoms with van der Waals surface area (Å²) in [6, 6.07) is -1.01. The quantitative estimate of drug-likeness (QED) is 0.624. The number of hydrogen-bond donors (Lipinski definition) is 3. The van der Waals surface area contributed by atoms with Gasteiger partial charge in [-0.15, -0.1) is 0 Å². The number of halogens is 1. The molecular weight excluding hydrogens is 255 g/mol. The van der Waals surface area contributed by atoms with Crippen molar-refractivity contribution in [3.8, 4) is 0 Å². The first-order chi connectivity index (χ1) is 7.86. The summed E-state index contributed by atoms with van der Waals surface area (Å²) in [5.74, 6) is -2.41. The number of carbonyl (C=O) groups is 1. The number of nitrogens with one attached hydrogen (secondary N) is 1. The van der Waals surface area contributed by atoms with E-state index in [-0.39, 0.29) is 0 Å². The molecule has 1 aromatic heterocycles. The van der Waals surface area contributed by atoms with Gasteiger partial charge in [0.1, 0.15) is 16.8 Å². The number of rotatable bonds is 5. The number of aliphatic carboxylic acids is 1. The summed E-state index contributed by atoms with van der Waals surface area (Å²) in [4.78, 5) is 13.3. The lowest BCUT2D eigenvalue weighted by atomic mass is 10.3. The van der Waals surface area contributed by atoms with E-state index in [0.29, 0.717) is 6.07 Å². The highest BCUT2D eigenvalue weighted by molar-refractivity contribution is 7.89. The van der Waals surface area contributed by atoms with Crippen LogP contribution >= 0.6 is 0 Å². The Morgan fingerprint density at radius 1 is 1.53 bits per heavy atom. The normalized spacial score (nSPS) is 13.3. The van der Waals surface area contributed by atoms with E-state index < -0.39 is 39.4 Å². The van der Waals surface area contributed by atoms with E-state index in [2.05, 4.69) is 4.98 Å². The van der Waals surface area contributed by atoms with Crippen LogP contribution in [0.15, 0.2) is 23.4 Å². The summed E-state index contributed by atoms with van der Waals surface area (Å²) in [6.45, 7) is -0.919. The minimum absolute atomic E-state index is 0.516. The molecule has 0 bridgehead atoms. The van der Waals surface area contributed by atoms with Crippen LogP contribution < -0.4 is 4.72 Å². The molecule has 0 amide bonds. The van der Waals surface area contributed by atoms with E-state index in [0.717, 1.165) is 12.4 Å². The molecule has 0 saturated carbocycles. The largest absolute Gasteiger partial charge is 0.480 e. The molecule has 1 rings (SSSR count). The first-order valence-corrected chi connectivity index (χ1v) is 5.81. The summed E-state index contributed by atoms with van der Waals surface area (Å²) in [6.07, 6.45) is 1.67. The van der Waals surface area contributed by atoms with Crippen LogP contribution in [0.5, 0.6) is 0 Å². The smallest absolute Gasteiger partial charge is 0.324 e. The van der Waals surface area contributed by atoms with Crippen molar-refractivity contribution in [3.63, 3.8) is 0 Å². The van der Waals surface area contributed by atoms with Crippen molar-refractivity contribution in [2.24, 2.45) is 0 Å². The molecule has 1 heterocycles. The van der Waals surface area contributed by atoms with E-state index in [1.54, 1.807) is 4.72 Å². The zero-order valence-electron chi connectivity index (χ0n) is 8.37. The van der Waals surface area contributed by atoms with E-state index in [1.165, 1.54) is 0 Å². The minimum atomic E-state index is -4.23. The molecular formula is C8H9FN2O5S. The van der Waals surface area contributed by atoms with E-state index >= 15 is 0 Å². The Hall–Kier alpha value is -1.58. The highest BCUT2D eigenvalue weighted by Gasteiger charge is 2.25. The number of pyridine rings is 1. The fraction of sp³-hybridized carbons (Fsp3) is 0.250. The second kappa shape index (κ2) is 5.17. The van der Waals surface area contributed by atoms with E-state index in [9.17, 15) is 17.6 Å². The number of aliphatic hydroxyl groups excluding tert-OH is 1. The summed E-state index contributed by atoms with van der Waals surface area (Å²) >= 11 is 0. The molecule has 7 nitrogen and oxygen atoms in total. The number of hydrogen-bond acceptors (Lipinski definition) is 5. The summed E-state index contributed by atoms with van der Waals surface area (Å²) < 4.78 is 37.6. The average Bonchev–Trinajstić information content (AvgIpc) is 2.25. The van der Waals surface area contributed by atoms with Gasteiger partial charge in [-0.1, -0.05) is 0 Å². The van der Waals surface area contributed by atoms with Gasteiger partial charge in [0, 0.05) is 6.20 Å². The molecule has 1 aromatic rings.